The average molecular weight is 319 g/mol. The number of nitrogens with zero attached hydrogens (tertiary/aromatic N) is 2. The molecule has 124 valence electrons. The maximum Gasteiger partial charge on any atom is 0.282 e. The molecular weight excluding hydrogens is 290 g/mol. The summed E-state index contributed by atoms with van der Waals surface area (Å²) in [5.41, 5.74) is 0. The molecule has 2 N–H and O–H groups in total. The second-order valence-electron chi connectivity index (χ2n) is 5.42. The van der Waals surface area contributed by atoms with E-state index >= 15 is 0 Å². The molecule has 21 heavy (non-hydrogen) atoms. The lowest BCUT2D eigenvalue weighted by Gasteiger charge is -2.34. The van der Waals surface area contributed by atoms with Crippen LogP contribution in [-0.2, 0) is 10.2 Å². The molecule has 1 aliphatic rings. The first-order valence-electron chi connectivity index (χ1n) is 7.74. The summed E-state index contributed by atoms with van der Waals surface area (Å²) < 4.78 is 27.8. The lowest BCUT2D eigenvalue weighted by Crippen LogP contribution is -2.48. The molecule has 0 atom stereocenters. The van der Waals surface area contributed by atoms with Crippen LogP contribution in [0.2, 0.25) is 0 Å². The van der Waals surface area contributed by atoms with Crippen molar-refractivity contribution in [1.29, 1.82) is 0 Å². The molecule has 7 heteroatoms. The van der Waals surface area contributed by atoms with E-state index in [1.54, 1.807) is 6.08 Å². The van der Waals surface area contributed by atoms with Gasteiger partial charge in [-0.1, -0.05) is 13.0 Å². The maximum atomic E-state index is 12.5. The lowest BCUT2D eigenvalue weighted by molar-refractivity contribution is 0.230. The Morgan fingerprint density at radius 1 is 1.43 bits per heavy atom. The molecule has 1 fully saturated rings. The molecule has 0 aliphatic carbocycles. The summed E-state index contributed by atoms with van der Waals surface area (Å²) in [6.07, 6.45) is 4.44. The van der Waals surface area contributed by atoms with Gasteiger partial charge in [0.25, 0.3) is 10.2 Å². The standard InChI is InChI=1S/C14H29N3O3S/c1-3-7-15-13-14-5-9-17(10-6-14)21(19,20)16(8-4-2)11-12-18/h4,14-15,18H,2-3,5-13H2,1H3. The number of piperidine rings is 1. The van der Waals surface area contributed by atoms with Gasteiger partial charge in [-0.25, -0.2) is 0 Å². The van der Waals surface area contributed by atoms with Gasteiger partial charge in [0.2, 0.25) is 0 Å². The fraction of sp³-hybridized carbons (Fsp3) is 0.857. The van der Waals surface area contributed by atoms with Crippen LogP contribution in [0.4, 0.5) is 0 Å². The van der Waals surface area contributed by atoms with Crippen LogP contribution in [-0.4, -0.2) is 68.0 Å². The normalized spacial score (nSPS) is 18.2. The fourth-order valence-corrected chi connectivity index (χ4v) is 4.15. The van der Waals surface area contributed by atoms with Crippen molar-refractivity contribution < 1.29 is 13.5 Å². The van der Waals surface area contributed by atoms with Crippen molar-refractivity contribution >= 4 is 10.2 Å². The summed E-state index contributed by atoms with van der Waals surface area (Å²) in [5, 5.41) is 12.4. The van der Waals surface area contributed by atoms with E-state index in [9.17, 15) is 8.42 Å². The number of aliphatic hydroxyl groups excluding tert-OH is 1. The summed E-state index contributed by atoms with van der Waals surface area (Å²) in [7, 11) is -3.48. The zero-order chi connectivity index (χ0) is 15.7. The summed E-state index contributed by atoms with van der Waals surface area (Å²) in [6, 6.07) is 0. The highest BCUT2D eigenvalue weighted by molar-refractivity contribution is 7.86. The Bertz CT molecular complexity index is 392. The van der Waals surface area contributed by atoms with Crippen molar-refractivity contribution in [3.05, 3.63) is 12.7 Å². The molecular formula is C14H29N3O3S. The Morgan fingerprint density at radius 3 is 2.62 bits per heavy atom. The zero-order valence-electron chi connectivity index (χ0n) is 13.0. The zero-order valence-corrected chi connectivity index (χ0v) is 13.8. The van der Waals surface area contributed by atoms with Crippen molar-refractivity contribution in [1.82, 2.24) is 13.9 Å². The summed E-state index contributed by atoms with van der Waals surface area (Å²) in [4.78, 5) is 0. The Hall–Kier alpha value is -0.470. The van der Waals surface area contributed by atoms with Gasteiger partial charge in [0.05, 0.1) is 6.61 Å². The van der Waals surface area contributed by atoms with E-state index in [0.717, 1.165) is 32.4 Å². The van der Waals surface area contributed by atoms with E-state index in [1.165, 1.54) is 8.61 Å². The molecule has 0 unspecified atom stereocenters. The molecule has 1 rings (SSSR count). The van der Waals surface area contributed by atoms with Crippen molar-refractivity contribution in [2.75, 3.05) is 45.9 Å². The topological polar surface area (TPSA) is 72.9 Å². The lowest BCUT2D eigenvalue weighted by atomic mass is 9.98. The Labute approximate surface area is 129 Å². The average Bonchev–Trinajstić information content (AvgIpc) is 2.48. The summed E-state index contributed by atoms with van der Waals surface area (Å²) in [5.74, 6) is 0.550. The van der Waals surface area contributed by atoms with E-state index in [4.69, 9.17) is 5.11 Å². The second kappa shape index (κ2) is 9.53. The van der Waals surface area contributed by atoms with E-state index < -0.39 is 10.2 Å². The van der Waals surface area contributed by atoms with Gasteiger partial charge in [-0.2, -0.15) is 17.0 Å². The molecule has 0 saturated carbocycles. The first-order chi connectivity index (χ1) is 10.1. The van der Waals surface area contributed by atoms with Crippen LogP contribution in [0, 0.1) is 5.92 Å². The molecule has 0 amide bonds. The third-order valence-electron chi connectivity index (χ3n) is 3.77. The van der Waals surface area contributed by atoms with Crippen LogP contribution in [0.3, 0.4) is 0 Å². The number of hydrogen-bond donors (Lipinski definition) is 2. The highest BCUT2D eigenvalue weighted by Gasteiger charge is 2.31. The largest absolute Gasteiger partial charge is 0.395 e. The van der Waals surface area contributed by atoms with E-state index in [1.807, 2.05) is 0 Å². The molecule has 1 aliphatic heterocycles. The van der Waals surface area contributed by atoms with Gasteiger partial charge in [0.15, 0.2) is 0 Å². The summed E-state index contributed by atoms with van der Waals surface area (Å²) >= 11 is 0. The van der Waals surface area contributed by atoms with Crippen molar-refractivity contribution in [2.45, 2.75) is 26.2 Å². The first kappa shape index (κ1) is 18.6. The van der Waals surface area contributed by atoms with E-state index in [2.05, 4.69) is 18.8 Å². The maximum absolute atomic E-state index is 12.5. The molecule has 0 radical (unpaired) electrons. The number of rotatable bonds is 10. The third kappa shape index (κ3) is 5.67. The Kier molecular flexibility index (Phi) is 8.43. The highest BCUT2D eigenvalue weighted by atomic mass is 32.2. The molecule has 0 aromatic heterocycles. The van der Waals surface area contributed by atoms with Crippen molar-refractivity contribution in [3.8, 4) is 0 Å². The summed E-state index contributed by atoms with van der Waals surface area (Å²) in [6.45, 7) is 8.99. The van der Waals surface area contributed by atoms with Gasteiger partial charge in [-0.15, -0.1) is 6.58 Å². The van der Waals surface area contributed by atoms with Gasteiger partial charge in [0.1, 0.15) is 0 Å². The SMILES string of the molecule is C=CCN(CCO)S(=O)(=O)N1CCC(CNCCC)CC1. The Balaban J connectivity index is 2.52. The first-order valence-corrected chi connectivity index (χ1v) is 9.13. The molecule has 6 nitrogen and oxygen atoms in total. The number of nitrogens with one attached hydrogen (secondary N) is 1. The number of aliphatic hydroxyl groups is 1. The third-order valence-corrected chi connectivity index (χ3v) is 5.77. The van der Waals surface area contributed by atoms with Gasteiger partial charge < -0.3 is 10.4 Å². The smallest absolute Gasteiger partial charge is 0.282 e. The van der Waals surface area contributed by atoms with Crippen LogP contribution in [0.5, 0.6) is 0 Å². The monoisotopic (exact) mass is 319 g/mol. The molecule has 1 saturated heterocycles. The quantitative estimate of drug-likeness (QED) is 0.452. The minimum atomic E-state index is -3.48. The van der Waals surface area contributed by atoms with Crippen LogP contribution in [0.1, 0.15) is 26.2 Å². The van der Waals surface area contributed by atoms with Gasteiger partial charge in [0, 0.05) is 26.2 Å². The molecule has 0 spiro atoms. The van der Waals surface area contributed by atoms with Crippen LogP contribution < -0.4 is 5.32 Å². The Morgan fingerprint density at radius 2 is 2.10 bits per heavy atom. The van der Waals surface area contributed by atoms with Crippen LogP contribution in [0.15, 0.2) is 12.7 Å². The minimum absolute atomic E-state index is 0.117. The van der Waals surface area contributed by atoms with Crippen molar-refractivity contribution in [2.24, 2.45) is 5.92 Å². The van der Waals surface area contributed by atoms with Gasteiger partial charge in [-0.05, 0) is 38.3 Å². The second-order valence-corrected chi connectivity index (χ2v) is 7.35. The minimum Gasteiger partial charge on any atom is -0.395 e. The van der Waals surface area contributed by atoms with Gasteiger partial charge in [-0.3, -0.25) is 0 Å². The molecule has 0 aromatic rings. The van der Waals surface area contributed by atoms with Crippen molar-refractivity contribution in [3.63, 3.8) is 0 Å². The predicted octanol–water partition coefficient (Wildman–Crippen LogP) is 0.423. The predicted molar refractivity (Wildman–Crippen MR) is 85.2 cm³/mol. The number of hydrogen-bond acceptors (Lipinski definition) is 4. The molecule has 1 heterocycles. The van der Waals surface area contributed by atoms with E-state index in [-0.39, 0.29) is 19.7 Å². The van der Waals surface area contributed by atoms with Crippen LogP contribution in [0.25, 0.3) is 0 Å². The molecule has 0 bridgehead atoms. The fourth-order valence-electron chi connectivity index (χ4n) is 2.55. The van der Waals surface area contributed by atoms with Gasteiger partial charge >= 0.3 is 0 Å². The van der Waals surface area contributed by atoms with E-state index in [0.29, 0.717) is 19.0 Å². The van der Waals surface area contributed by atoms with Crippen LogP contribution >= 0.6 is 0 Å². The molecule has 0 aromatic carbocycles. The highest BCUT2D eigenvalue weighted by Crippen LogP contribution is 2.20.